The van der Waals surface area contributed by atoms with Crippen LogP contribution in [0.15, 0.2) is 36.5 Å². The van der Waals surface area contributed by atoms with Crippen molar-refractivity contribution in [1.29, 1.82) is 0 Å². The molecule has 0 saturated carbocycles. The highest BCUT2D eigenvalue weighted by Gasteiger charge is 2.24. The van der Waals surface area contributed by atoms with Crippen LogP contribution in [0.1, 0.15) is 46.8 Å². The fraction of sp³-hybridized carbons (Fsp3) is 0.421. The molecular weight excluding hydrogens is 318 g/mol. The fourth-order valence-electron chi connectivity index (χ4n) is 3.33. The molecular formula is C19H23N3O3. The number of piperidine rings is 1. The summed E-state index contributed by atoms with van der Waals surface area (Å²) in [7, 11) is 0. The Bertz CT molecular complexity index is 752. The van der Waals surface area contributed by atoms with Crippen LogP contribution in [-0.4, -0.2) is 44.8 Å². The standard InChI is InChI=1S/C19H23N3O3/c1-14-8-11-22(20-14)12-9-18(23)21-10-2-3-17(13-21)15-4-6-16(7-5-15)19(24)25/h4-8,11,17H,2-3,9-10,12-13H2,1H3,(H,24,25)/t17-/m0/s1. The molecule has 1 amide bonds. The summed E-state index contributed by atoms with van der Waals surface area (Å²) in [5.74, 6) is -0.492. The Morgan fingerprint density at radius 2 is 2.00 bits per heavy atom. The normalized spacial score (nSPS) is 17.5. The van der Waals surface area contributed by atoms with E-state index in [1.807, 2.05) is 36.2 Å². The highest BCUT2D eigenvalue weighted by atomic mass is 16.4. The predicted molar refractivity (Wildman–Crippen MR) is 93.5 cm³/mol. The van der Waals surface area contributed by atoms with Gasteiger partial charge in [-0.25, -0.2) is 4.79 Å². The second-order valence-corrected chi connectivity index (χ2v) is 6.58. The summed E-state index contributed by atoms with van der Waals surface area (Å²) in [5, 5.41) is 13.3. The van der Waals surface area contributed by atoms with Crippen LogP contribution >= 0.6 is 0 Å². The van der Waals surface area contributed by atoms with Crippen molar-refractivity contribution in [2.75, 3.05) is 13.1 Å². The van der Waals surface area contributed by atoms with Crippen LogP contribution in [0, 0.1) is 6.92 Å². The second-order valence-electron chi connectivity index (χ2n) is 6.58. The van der Waals surface area contributed by atoms with Gasteiger partial charge in [0.05, 0.1) is 11.3 Å². The number of amides is 1. The van der Waals surface area contributed by atoms with Crippen LogP contribution in [0.3, 0.4) is 0 Å². The number of carbonyl (C=O) groups excluding carboxylic acids is 1. The molecule has 0 radical (unpaired) electrons. The molecule has 0 bridgehead atoms. The van der Waals surface area contributed by atoms with Crippen LogP contribution in [0.5, 0.6) is 0 Å². The van der Waals surface area contributed by atoms with Gasteiger partial charge in [-0.2, -0.15) is 5.10 Å². The maximum Gasteiger partial charge on any atom is 0.335 e. The lowest BCUT2D eigenvalue weighted by Gasteiger charge is -2.33. The summed E-state index contributed by atoms with van der Waals surface area (Å²) in [5.41, 5.74) is 2.35. The van der Waals surface area contributed by atoms with E-state index in [9.17, 15) is 9.59 Å². The number of carbonyl (C=O) groups is 2. The Hall–Kier alpha value is -2.63. The average molecular weight is 341 g/mol. The Morgan fingerprint density at radius 3 is 2.64 bits per heavy atom. The first-order valence-electron chi connectivity index (χ1n) is 8.64. The van der Waals surface area contributed by atoms with Crippen molar-refractivity contribution in [2.45, 2.75) is 38.6 Å². The minimum atomic E-state index is -0.916. The first-order valence-corrected chi connectivity index (χ1v) is 8.64. The molecule has 1 aliphatic heterocycles. The van der Waals surface area contributed by atoms with Crippen LogP contribution in [0.2, 0.25) is 0 Å². The SMILES string of the molecule is Cc1ccn(CCC(=O)N2CCC[C@H](c3ccc(C(=O)O)cc3)C2)n1. The van der Waals surface area contributed by atoms with Crippen molar-refractivity contribution in [3.8, 4) is 0 Å². The summed E-state index contributed by atoms with van der Waals surface area (Å²) in [6.45, 7) is 4.02. The van der Waals surface area contributed by atoms with Crippen LogP contribution in [-0.2, 0) is 11.3 Å². The van der Waals surface area contributed by atoms with Crippen LogP contribution < -0.4 is 0 Å². The van der Waals surface area contributed by atoms with E-state index in [0.29, 0.717) is 25.1 Å². The molecule has 0 unspecified atom stereocenters. The van der Waals surface area contributed by atoms with Gasteiger partial charge in [0.15, 0.2) is 0 Å². The van der Waals surface area contributed by atoms with E-state index >= 15 is 0 Å². The number of likely N-dealkylation sites (tertiary alicyclic amines) is 1. The van der Waals surface area contributed by atoms with Crippen molar-refractivity contribution in [1.82, 2.24) is 14.7 Å². The number of hydrogen-bond donors (Lipinski definition) is 1. The lowest BCUT2D eigenvalue weighted by molar-refractivity contribution is -0.132. The lowest BCUT2D eigenvalue weighted by atomic mass is 9.90. The molecule has 1 saturated heterocycles. The molecule has 1 aliphatic rings. The predicted octanol–water partition coefficient (Wildman–Crippen LogP) is 2.69. The molecule has 132 valence electrons. The maximum atomic E-state index is 12.5. The topological polar surface area (TPSA) is 75.4 Å². The molecule has 1 atom stereocenters. The van der Waals surface area contributed by atoms with Gasteiger partial charge in [0, 0.05) is 38.2 Å². The van der Waals surface area contributed by atoms with Gasteiger partial charge < -0.3 is 10.0 Å². The van der Waals surface area contributed by atoms with Gasteiger partial charge in [0.1, 0.15) is 0 Å². The number of aromatic carboxylic acids is 1. The number of nitrogens with zero attached hydrogens (tertiary/aromatic N) is 3. The third kappa shape index (κ3) is 4.26. The smallest absolute Gasteiger partial charge is 0.335 e. The molecule has 6 nitrogen and oxygen atoms in total. The summed E-state index contributed by atoms with van der Waals surface area (Å²) >= 11 is 0. The zero-order valence-electron chi connectivity index (χ0n) is 14.4. The van der Waals surface area contributed by atoms with Gasteiger partial charge in [0.25, 0.3) is 0 Å². The molecule has 2 heterocycles. The third-order valence-corrected chi connectivity index (χ3v) is 4.73. The van der Waals surface area contributed by atoms with E-state index in [1.54, 1.807) is 16.8 Å². The van der Waals surface area contributed by atoms with E-state index in [2.05, 4.69) is 5.10 Å². The number of aromatic nitrogens is 2. The number of benzene rings is 1. The van der Waals surface area contributed by atoms with E-state index in [4.69, 9.17) is 5.11 Å². The molecule has 6 heteroatoms. The summed E-state index contributed by atoms with van der Waals surface area (Å²) in [4.78, 5) is 25.4. The van der Waals surface area contributed by atoms with Gasteiger partial charge in [-0.15, -0.1) is 0 Å². The van der Waals surface area contributed by atoms with Crippen LogP contribution in [0.4, 0.5) is 0 Å². The van der Waals surface area contributed by atoms with E-state index in [-0.39, 0.29) is 11.8 Å². The molecule has 3 rings (SSSR count). The van der Waals surface area contributed by atoms with Crippen molar-refractivity contribution in [3.63, 3.8) is 0 Å². The van der Waals surface area contributed by atoms with Crippen LogP contribution in [0.25, 0.3) is 0 Å². The summed E-state index contributed by atoms with van der Waals surface area (Å²) < 4.78 is 1.80. The van der Waals surface area contributed by atoms with Crippen molar-refractivity contribution < 1.29 is 14.7 Å². The quantitative estimate of drug-likeness (QED) is 0.907. The van der Waals surface area contributed by atoms with Crippen molar-refractivity contribution in [2.24, 2.45) is 0 Å². The summed E-state index contributed by atoms with van der Waals surface area (Å²) in [6.07, 6.45) is 4.34. The minimum absolute atomic E-state index is 0.153. The molecule has 0 spiro atoms. The Morgan fingerprint density at radius 1 is 1.24 bits per heavy atom. The molecule has 25 heavy (non-hydrogen) atoms. The van der Waals surface area contributed by atoms with Gasteiger partial charge in [-0.1, -0.05) is 12.1 Å². The average Bonchev–Trinajstić information content (AvgIpc) is 3.05. The van der Waals surface area contributed by atoms with Crippen molar-refractivity contribution >= 4 is 11.9 Å². The molecule has 0 aliphatic carbocycles. The first-order chi connectivity index (χ1) is 12.0. The van der Waals surface area contributed by atoms with Crippen molar-refractivity contribution in [3.05, 3.63) is 53.3 Å². The summed E-state index contributed by atoms with van der Waals surface area (Å²) in [6, 6.07) is 8.95. The molecule has 1 fully saturated rings. The lowest BCUT2D eigenvalue weighted by Crippen LogP contribution is -2.39. The first kappa shape index (κ1) is 17.2. The number of rotatable bonds is 5. The zero-order chi connectivity index (χ0) is 17.8. The monoisotopic (exact) mass is 341 g/mol. The maximum absolute atomic E-state index is 12.5. The van der Waals surface area contributed by atoms with E-state index in [0.717, 1.165) is 30.6 Å². The molecule has 1 aromatic heterocycles. The zero-order valence-corrected chi connectivity index (χ0v) is 14.4. The third-order valence-electron chi connectivity index (χ3n) is 4.73. The van der Waals surface area contributed by atoms with Gasteiger partial charge in [-0.05, 0) is 43.5 Å². The van der Waals surface area contributed by atoms with Gasteiger partial charge >= 0.3 is 5.97 Å². The fourth-order valence-corrected chi connectivity index (χ4v) is 3.33. The minimum Gasteiger partial charge on any atom is -0.478 e. The number of aryl methyl sites for hydroxylation is 2. The highest BCUT2D eigenvalue weighted by Crippen LogP contribution is 2.27. The number of carboxylic acid groups (broad SMARTS) is 1. The molecule has 2 aromatic rings. The van der Waals surface area contributed by atoms with E-state index < -0.39 is 5.97 Å². The molecule has 1 N–H and O–H groups in total. The number of carboxylic acids is 1. The Labute approximate surface area is 147 Å². The van der Waals surface area contributed by atoms with Gasteiger partial charge in [0.2, 0.25) is 5.91 Å². The Balaban J connectivity index is 1.58. The largest absolute Gasteiger partial charge is 0.478 e. The second kappa shape index (κ2) is 7.51. The number of hydrogen-bond acceptors (Lipinski definition) is 3. The van der Waals surface area contributed by atoms with Gasteiger partial charge in [-0.3, -0.25) is 9.48 Å². The highest BCUT2D eigenvalue weighted by molar-refractivity contribution is 5.87. The molecule has 1 aromatic carbocycles. The van der Waals surface area contributed by atoms with E-state index in [1.165, 1.54) is 0 Å². The Kier molecular flexibility index (Phi) is 5.16.